The predicted molar refractivity (Wildman–Crippen MR) is 43.6 cm³/mol. The third kappa shape index (κ3) is 4.30. The fourth-order valence-electron chi connectivity index (χ4n) is 0.514. The van der Waals surface area contributed by atoms with Gasteiger partial charge in [0, 0.05) is 0 Å². The van der Waals surface area contributed by atoms with E-state index in [9.17, 15) is 0 Å². The molecule has 0 atom stereocenters. The maximum Gasteiger partial charge on any atom is 0.0668 e. The SMILES string of the molecule is CC=CC(C=CC)SO. The van der Waals surface area contributed by atoms with E-state index in [1.165, 1.54) is 0 Å². The summed E-state index contributed by atoms with van der Waals surface area (Å²) in [4.78, 5) is 0. The van der Waals surface area contributed by atoms with E-state index in [1.807, 2.05) is 38.2 Å². The minimum absolute atomic E-state index is 0.125. The first-order valence-corrected chi connectivity index (χ1v) is 3.74. The van der Waals surface area contributed by atoms with Crippen LogP contribution in [0.1, 0.15) is 13.8 Å². The van der Waals surface area contributed by atoms with Crippen LogP contribution in [0.15, 0.2) is 24.3 Å². The summed E-state index contributed by atoms with van der Waals surface area (Å²) in [6, 6.07) is 0. The molecule has 0 saturated carbocycles. The van der Waals surface area contributed by atoms with Gasteiger partial charge >= 0.3 is 0 Å². The van der Waals surface area contributed by atoms with Crippen molar-refractivity contribution in [2.24, 2.45) is 0 Å². The van der Waals surface area contributed by atoms with Gasteiger partial charge in [0.2, 0.25) is 0 Å². The second-order valence-corrected chi connectivity index (χ2v) is 2.38. The minimum Gasteiger partial charge on any atom is -0.329 e. The van der Waals surface area contributed by atoms with Crippen molar-refractivity contribution in [1.29, 1.82) is 0 Å². The molecule has 0 aromatic heterocycles. The number of allylic oxidation sites excluding steroid dienone is 2. The van der Waals surface area contributed by atoms with Crippen molar-refractivity contribution in [1.82, 2.24) is 0 Å². The Morgan fingerprint density at radius 3 is 1.89 bits per heavy atom. The van der Waals surface area contributed by atoms with Crippen molar-refractivity contribution < 1.29 is 4.55 Å². The summed E-state index contributed by atoms with van der Waals surface area (Å²) in [5.74, 6) is 0. The Kier molecular flexibility index (Phi) is 5.78. The molecule has 0 saturated heterocycles. The molecule has 9 heavy (non-hydrogen) atoms. The topological polar surface area (TPSA) is 20.2 Å². The lowest BCUT2D eigenvalue weighted by Crippen LogP contribution is -1.89. The standard InChI is InChI=1S/C7H12OS/c1-3-5-7(9-8)6-4-2/h3-8H,1-2H3. The zero-order valence-corrected chi connectivity index (χ0v) is 6.56. The van der Waals surface area contributed by atoms with Gasteiger partial charge in [0.1, 0.15) is 0 Å². The third-order valence-corrected chi connectivity index (χ3v) is 1.44. The minimum atomic E-state index is 0.125. The van der Waals surface area contributed by atoms with E-state index in [0.29, 0.717) is 0 Å². The Morgan fingerprint density at radius 1 is 1.22 bits per heavy atom. The summed E-state index contributed by atoms with van der Waals surface area (Å²) >= 11 is 0.845. The average molecular weight is 144 g/mol. The van der Waals surface area contributed by atoms with Crippen molar-refractivity contribution in [3.8, 4) is 0 Å². The van der Waals surface area contributed by atoms with Crippen LogP contribution in [0.25, 0.3) is 0 Å². The van der Waals surface area contributed by atoms with Crippen molar-refractivity contribution in [2.75, 3.05) is 0 Å². The van der Waals surface area contributed by atoms with Crippen LogP contribution in [0.5, 0.6) is 0 Å². The largest absolute Gasteiger partial charge is 0.329 e. The van der Waals surface area contributed by atoms with Crippen molar-refractivity contribution in [3.63, 3.8) is 0 Å². The fourth-order valence-corrected chi connectivity index (χ4v) is 0.969. The van der Waals surface area contributed by atoms with Crippen LogP contribution in [0.4, 0.5) is 0 Å². The van der Waals surface area contributed by atoms with E-state index >= 15 is 0 Å². The van der Waals surface area contributed by atoms with Crippen LogP contribution in [0.2, 0.25) is 0 Å². The Labute approximate surface area is 60.7 Å². The molecule has 0 aliphatic heterocycles. The summed E-state index contributed by atoms with van der Waals surface area (Å²) in [5.41, 5.74) is 0. The Bertz CT molecular complexity index is 95.5. The molecule has 0 aliphatic carbocycles. The molecule has 0 aliphatic rings. The van der Waals surface area contributed by atoms with Crippen LogP contribution in [-0.4, -0.2) is 9.80 Å². The van der Waals surface area contributed by atoms with E-state index in [0.717, 1.165) is 12.0 Å². The van der Waals surface area contributed by atoms with Crippen molar-refractivity contribution >= 4 is 12.0 Å². The van der Waals surface area contributed by atoms with Gasteiger partial charge in [-0.05, 0) is 25.9 Å². The molecule has 0 heterocycles. The smallest absolute Gasteiger partial charge is 0.0668 e. The Morgan fingerprint density at radius 2 is 1.67 bits per heavy atom. The van der Waals surface area contributed by atoms with Gasteiger partial charge in [-0.2, -0.15) is 0 Å². The van der Waals surface area contributed by atoms with Gasteiger partial charge in [-0.3, -0.25) is 0 Å². The van der Waals surface area contributed by atoms with Gasteiger partial charge in [0.05, 0.1) is 5.25 Å². The van der Waals surface area contributed by atoms with E-state index in [-0.39, 0.29) is 5.25 Å². The predicted octanol–water partition coefficient (Wildman–Crippen LogP) is 2.71. The lowest BCUT2D eigenvalue weighted by atomic mass is 10.3. The van der Waals surface area contributed by atoms with Gasteiger partial charge < -0.3 is 4.55 Å². The molecule has 1 nitrogen and oxygen atoms in total. The molecule has 0 amide bonds. The molecule has 1 N–H and O–H groups in total. The summed E-state index contributed by atoms with van der Waals surface area (Å²) in [5, 5.41) is 0.125. The van der Waals surface area contributed by atoms with Crippen molar-refractivity contribution in [3.05, 3.63) is 24.3 Å². The molecule has 0 rings (SSSR count). The second-order valence-electron chi connectivity index (χ2n) is 1.62. The summed E-state index contributed by atoms with van der Waals surface area (Å²) in [7, 11) is 0. The normalized spacial score (nSPS) is 15.4. The molecule has 0 fully saturated rings. The highest BCUT2D eigenvalue weighted by molar-refractivity contribution is 7.94. The number of hydrogen-bond acceptors (Lipinski definition) is 2. The van der Waals surface area contributed by atoms with Crippen molar-refractivity contribution in [2.45, 2.75) is 19.1 Å². The Balaban J connectivity index is 3.68. The lowest BCUT2D eigenvalue weighted by molar-refractivity contribution is 0.662. The second kappa shape index (κ2) is 5.92. The van der Waals surface area contributed by atoms with E-state index in [1.54, 1.807) is 0 Å². The average Bonchev–Trinajstić information content (AvgIpc) is 1.88. The van der Waals surface area contributed by atoms with E-state index < -0.39 is 0 Å². The molecular formula is C7H12OS. The number of rotatable bonds is 3. The van der Waals surface area contributed by atoms with Gasteiger partial charge in [-0.1, -0.05) is 24.3 Å². The van der Waals surface area contributed by atoms with Crippen LogP contribution < -0.4 is 0 Å². The quantitative estimate of drug-likeness (QED) is 0.485. The first kappa shape index (κ1) is 8.79. The Hall–Kier alpha value is -0.210. The summed E-state index contributed by atoms with van der Waals surface area (Å²) in [6.07, 6.45) is 7.72. The van der Waals surface area contributed by atoms with Gasteiger partial charge in [0.15, 0.2) is 0 Å². The fraction of sp³-hybridized carbons (Fsp3) is 0.429. The first-order valence-electron chi connectivity index (χ1n) is 2.91. The summed E-state index contributed by atoms with van der Waals surface area (Å²) < 4.78 is 8.60. The molecular weight excluding hydrogens is 132 g/mol. The van der Waals surface area contributed by atoms with Gasteiger partial charge in [-0.15, -0.1) is 0 Å². The molecule has 0 bridgehead atoms. The molecule has 0 spiro atoms. The molecule has 0 aromatic carbocycles. The monoisotopic (exact) mass is 144 g/mol. The van der Waals surface area contributed by atoms with E-state index in [2.05, 4.69) is 0 Å². The maximum absolute atomic E-state index is 8.60. The molecule has 0 unspecified atom stereocenters. The number of hydrogen-bond donors (Lipinski definition) is 1. The molecule has 0 radical (unpaired) electrons. The van der Waals surface area contributed by atoms with Crippen LogP contribution >= 0.6 is 12.0 Å². The van der Waals surface area contributed by atoms with Crippen LogP contribution in [0.3, 0.4) is 0 Å². The summed E-state index contributed by atoms with van der Waals surface area (Å²) in [6.45, 7) is 3.87. The lowest BCUT2D eigenvalue weighted by Gasteiger charge is -1.97. The van der Waals surface area contributed by atoms with E-state index in [4.69, 9.17) is 4.55 Å². The van der Waals surface area contributed by atoms with Crippen LogP contribution in [0, 0.1) is 0 Å². The zero-order chi connectivity index (χ0) is 7.11. The maximum atomic E-state index is 8.60. The highest BCUT2D eigenvalue weighted by atomic mass is 32.2. The first-order chi connectivity index (χ1) is 4.35. The third-order valence-electron chi connectivity index (χ3n) is 0.886. The highest BCUT2D eigenvalue weighted by Gasteiger charge is 1.94. The van der Waals surface area contributed by atoms with Gasteiger partial charge in [-0.25, -0.2) is 0 Å². The molecule has 0 aromatic rings. The van der Waals surface area contributed by atoms with Crippen LogP contribution in [-0.2, 0) is 0 Å². The zero-order valence-electron chi connectivity index (χ0n) is 5.74. The highest BCUT2D eigenvalue weighted by Crippen LogP contribution is 2.08. The molecule has 2 heteroatoms. The van der Waals surface area contributed by atoms with Gasteiger partial charge in [0.25, 0.3) is 0 Å². The molecule has 52 valence electrons.